The lowest BCUT2D eigenvalue weighted by Gasteiger charge is -2.51. The number of carbonyl (C=O) groups is 1. The number of ether oxygens (including phenoxy) is 2. The Morgan fingerprint density at radius 3 is 2.62 bits per heavy atom. The number of anilines is 1. The zero-order valence-corrected chi connectivity index (χ0v) is 25.7. The summed E-state index contributed by atoms with van der Waals surface area (Å²) in [4.78, 5) is 23.8. The summed E-state index contributed by atoms with van der Waals surface area (Å²) in [7, 11) is 4.18. The van der Waals surface area contributed by atoms with Crippen molar-refractivity contribution >= 4 is 17.2 Å². The maximum atomic E-state index is 13.4. The lowest BCUT2D eigenvalue weighted by atomic mass is 9.82. The van der Waals surface area contributed by atoms with E-state index in [4.69, 9.17) is 0 Å². The van der Waals surface area contributed by atoms with Crippen LogP contribution < -0.4 is 14.8 Å². The smallest absolute Gasteiger partial charge is 0.387 e. The SMILES string of the molecule is CN(C)[C@H]1C[C@H](N2CC(n3nnc(Cn4cc(NC(=O)c5cnn6cccnc56)c(-c5cc(OC(F)F)ccc5OC(F)F)n4)n3)C2)C1. The molecule has 48 heavy (non-hydrogen) atoms. The third-order valence-corrected chi connectivity index (χ3v) is 8.51. The average Bonchev–Trinajstić information content (AvgIpc) is 3.72. The summed E-state index contributed by atoms with van der Waals surface area (Å²) in [6.07, 6.45) is 8.12. The Morgan fingerprint density at radius 2 is 1.88 bits per heavy atom. The minimum Gasteiger partial charge on any atom is -0.435 e. The monoisotopic (exact) mass is 670 g/mol. The van der Waals surface area contributed by atoms with Gasteiger partial charge in [0.15, 0.2) is 11.5 Å². The fraction of sp³-hybridized carbons (Fsp3) is 0.414. The number of carbonyl (C=O) groups excluding carboxylic acids is 1. The number of benzene rings is 1. The summed E-state index contributed by atoms with van der Waals surface area (Å²) < 4.78 is 64.9. The molecule has 1 aromatic carbocycles. The van der Waals surface area contributed by atoms with Crippen LogP contribution in [0.2, 0.25) is 0 Å². The van der Waals surface area contributed by atoms with E-state index in [-0.39, 0.29) is 52.2 Å². The number of nitrogens with one attached hydrogen (secondary N) is 1. The van der Waals surface area contributed by atoms with Crippen molar-refractivity contribution in [2.24, 2.45) is 0 Å². The van der Waals surface area contributed by atoms with Crippen LogP contribution in [0.4, 0.5) is 23.2 Å². The minimum absolute atomic E-state index is 0.0109. The number of halogens is 4. The maximum Gasteiger partial charge on any atom is 0.387 e. The molecule has 5 heterocycles. The van der Waals surface area contributed by atoms with Gasteiger partial charge < -0.3 is 19.7 Å². The Balaban J connectivity index is 1.15. The highest BCUT2D eigenvalue weighted by Gasteiger charge is 2.41. The predicted molar refractivity (Wildman–Crippen MR) is 160 cm³/mol. The van der Waals surface area contributed by atoms with Crippen LogP contribution in [0.15, 0.2) is 49.1 Å². The van der Waals surface area contributed by atoms with Crippen molar-refractivity contribution in [3.63, 3.8) is 0 Å². The van der Waals surface area contributed by atoms with E-state index in [1.807, 2.05) is 0 Å². The van der Waals surface area contributed by atoms with E-state index in [1.165, 1.54) is 27.8 Å². The van der Waals surface area contributed by atoms with Gasteiger partial charge in [0.05, 0.1) is 23.5 Å². The molecule has 0 atom stereocenters. The molecule has 1 amide bonds. The molecule has 1 N–H and O–H groups in total. The van der Waals surface area contributed by atoms with Gasteiger partial charge in [0.25, 0.3) is 5.91 Å². The van der Waals surface area contributed by atoms with E-state index in [0.29, 0.717) is 17.9 Å². The number of likely N-dealkylation sites (tertiary alicyclic amines) is 1. The Hall–Kier alpha value is -5.17. The lowest BCUT2D eigenvalue weighted by molar-refractivity contribution is -0.0526. The average molecular weight is 671 g/mol. The molecule has 0 radical (unpaired) electrons. The van der Waals surface area contributed by atoms with Crippen LogP contribution in [0.5, 0.6) is 11.5 Å². The van der Waals surface area contributed by atoms with Gasteiger partial charge in [0, 0.05) is 43.8 Å². The second-order valence-corrected chi connectivity index (χ2v) is 11.8. The van der Waals surface area contributed by atoms with Crippen LogP contribution in [0.25, 0.3) is 16.9 Å². The highest BCUT2D eigenvalue weighted by atomic mass is 19.3. The molecular formula is C29H30F4N12O3. The van der Waals surface area contributed by atoms with Gasteiger partial charge in [0.1, 0.15) is 29.3 Å². The number of rotatable bonds is 12. The fourth-order valence-corrected chi connectivity index (χ4v) is 5.87. The van der Waals surface area contributed by atoms with E-state index in [2.05, 4.69) is 69.3 Å². The lowest BCUT2D eigenvalue weighted by Crippen LogP contribution is -2.60. The summed E-state index contributed by atoms with van der Waals surface area (Å²) in [6, 6.07) is 6.05. The van der Waals surface area contributed by atoms with Gasteiger partial charge in [-0.2, -0.15) is 32.6 Å². The largest absolute Gasteiger partial charge is 0.435 e. The molecule has 0 unspecified atom stereocenters. The number of tetrazole rings is 1. The first-order chi connectivity index (χ1) is 23.1. The molecule has 1 aliphatic heterocycles. The highest BCUT2D eigenvalue weighted by molar-refractivity contribution is 6.09. The Labute approximate surface area is 270 Å². The number of alkyl halides is 4. The first-order valence-corrected chi connectivity index (χ1v) is 15.0. The molecule has 0 bridgehead atoms. The molecule has 4 aromatic heterocycles. The molecule has 5 aromatic rings. The normalized spacial score (nSPS) is 18.4. The first-order valence-electron chi connectivity index (χ1n) is 15.0. The van der Waals surface area contributed by atoms with Crippen molar-refractivity contribution in [1.29, 1.82) is 0 Å². The van der Waals surface area contributed by atoms with Crippen molar-refractivity contribution in [2.45, 2.75) is 50.7 Å². The van der Waals surface area contributed by atoms with Crippen LogP contribution >= 0.6 is 0 Å². The fourth-order valence-electron chi connectivity index (χ4n) is 5.87. The van der Waals surface area contributed by atoms with Gasteiger partial charge in [-0.05, 0) is 56.4 Å². The number of hydrogen-bond donors (Lipinski definition) is 1. The van der Waals surface area contributed by atoms with Crippen molar-refractivity contribution in [1.82, 2.24) is 54.4 Å². The summed E-state index contributed by atoms with van der Waals surface area (Å²) in [5.74, 6) is -1.05. The number of fused-ring (bicyclic) bond motifs is 1. The minimum atomic E-state index is -3.24. The molecule has 2 fully saturated rings. The molecule has 7 rings (SSSR count). The van der Waals surface area contributed by atoms with Crippen LogP contribution in [0.3, 0.4) is 0 Å². The Bertz CT molecular complexity index is 1920. The molecular weight excluding hydrogens is 640 g/mol. The third kappa shape index (κ3) is 6.37. The van der Waals surface area contributed by atoms with Crippen LogP contribution in [0, 0.1) is 0 Å². The summed E-state index contributed by atoms with van der Waals surface area (Å²) in [5, 5.41) is 24.2. The molecule has 1 saturated heterocycles. The Morgan fingerprint density at radius 1 is 1.08 bits per heavy atom. The van der Waals surface area contributed by atoms with Crippen molar-refractivity contribution in [3.05, 3.63) is 60.4 Å². The van der Waals surface area contributed by atoms with E-state index in [0.717, 1.165) is 44.1 Å². The summed E-state index contributed by atoms with van der Waals surface area (Å²) >= 11 is 0. The van der Waals surface area contributed by atoms with Gasteiger partial charge >= 0.3 is 13.2 Å². The number of aromatic nitrogens is 9. The number of hydrogen-bond acceptors (Lipinski definition) is 11. The van der Waals surface area contributed by atoms with E-state index < -0.39 is 19.1 Å². The van der Waals surface area contributed by atoms with Crippen molar-refractivity contribution < 1.29 is 31.8 Å². The predicted octanol–water partition coefficient (Wildman–Crippen LogP) is 3.03. The van der Waals surface area contributed by atoms with Crippen molar-refractivity contribution in [2.75, 3.05) is 32.5 Å². The van der Waals surface area contributed by atoms with E-state index in [1.54, 1.807) is 17.1 Å². The molecule has 1 aliphatic carbocycles. The van der Waals surface area contributed by atoms with Gasteiger partial charge in [-0.1, -0.05) is 0 Å². The topological polar surface area (TPSA) is 146 Å². The van der Waals surface area contributed by atoms with Gasteiger partial charge in [-0.15, -0.1) is 10.2 Å². The van der Waals surface area contributed by atoms with Gasteiger partial charge in [0.2, 0.25) is 0 Å². The summed E-state index contributed by atoms with van der Waals surface area (Å²) in [6.45, 7) is -4.81. The van der Waals surface area contributed by atoms with Crippen LogP contribution in [-0.4, -0.2) is 113 Å². The molecule has 2 aliphatic rings. The second kappa shape index (κ2) is 12.8. The second-order valence-electron chi connectivity index (χ2n) is 11.8. The summed E-state index contributed by atoms with van der Waals surface area (Å²) in [5.41, 5.74) is 0.220. The zero-order valence-electron chi connectivity index (χ0n) is 25.7. The standard InChI is InChI=1S/C29H30F4N12O3/c1-41(2)16-8-17(9-16)42-12-18(13-42)45-38-24(37-40-45)15-43-14-22(36-27(46)21-11-35-44-7-3-6-34-26(21)44)25(39-43)20-10-19(47-28(30)31)4-5-23(20)48-29(32)33/h3-7,10-11,14,16-18,28-29H,8-9,12-13,15H2,1-2H3,(H,36,46)/t16-,17-. The first kappa shape index (κ1) is 31.4. The number of amides is 1. The molecule has 1 saturated carbocycles. The van der Waals surface area contributed by atoms with Crippen LogP contribution in [0.1, 0.15) is 35.1 Å². The van der Waals surface area contributed by atoms with Gasteiger partial charge in [-0.25, -0.2) is 9.50 Å². The third-order valence-electron chi connectivity index (χ3n) is 8.51. The molecule has 15 nitrogen and oxygen atoms in total. The molecule has 0 spiro atoms. The van der Waals surface area contributed by atoms with E-state index >= 15 is 0 Å². The maximum absolute atomic E-state index is 13.4. The van der Waals surface area contributed by atoms with E-state index in [9.17, 15) is 22.4 Å². The Kier molecular flexibility index (Phi) is 8.38. The zero-order chi connectivity index (χ0) is 33.5. The van der Waals surface area contributed by atoms with Gasteiger partial charge in [-0.3, -0.25) is 14.4 Å². The number of nitrogens with zero attached hydrogens (tertiary/aromatic N) is 11. The van der Waals surface area contributed by atoms with Crippen molar-refractivity contribution in [3.8, 4) is 22.8 Å². The highest BCUT2D eigenvalue weighted by Crippen LogP contribution is 2.38. The molecule has 19 heteroatoms. The van der Waals surface area contributed by atoms with Crippen LogP contribution in [-0.2, 0) is 6.54 Å². The quantitative estimate of drug-likeness (QED) is 0.196. The molecule has 252 valence electrons.